The first-order chi connectivity index (χ1) is 10.6. The van der Waals surface area contributed by atoms with Crippen molar-refractivity contribution in [3.05, 3.63) is 36.0 Å². The number of para-hydroxylation sites is 1. The number of benzene rings is 1. The third kappa shape index (κ3) is 4.40. The van der Waals surface area contributed by atoms with Crippen molar-refractivity contribution in [2.75, 3.05) is 6.61 Å². The third-order valence-corrected chi connectivity index (χ3v) is 3.16. The number of hydrogen-bond acceptors (Lipinski definition) is 2. The van der Waals surface area contributed by atoms with Crippen LogP contribution in [0.1, 0.15) is 17.9 Å². The first-order valence-corrected chi connectivity index (χ1v) is 6.43. The van der Waals surface area contributed by atoms with Crippen LogP contribution in [-0.4, -0.2) is 29.9 Å². The zero-order valence-electron chi connectivity index (χ0n) is 11.5. The summed E-state index contributed by atoms with van der Waals surface area (Å²) < 4.78 is 79.4. The SMILES string of the molecule is O=C(CC(c1c[nH]c2ccccc12)C(F)(F)F)OCC(F)(F)F. The molecule has 23 heavy (non-hydrogen) atoms. The molecule has 0 saturated carbocycles. The zero-order chi connectivity index (χ0) is 17.3. The van der Waals surface area contributed by atoms with Crippen molar-refractivity contribution in [2.45, 2.75) is 24.7 Å². The number of nitrogens with one attached hydrogen (secondary N) is 1. The number of esters is 1. The van der Waals surface area contributed by atoms with E-state index in [0.717, 1.165) is 6.20 Å². The number of carbonyl (C=O) groups excluding carboxylic acids is 1. The molecule has 0 aliphatic heterocycles. The zero-order valence-corrected chi connectivity index (χ0v) is 11.5. The number of carbonyl (C=O) groups is 1. The fourth-order valence-corrected chi connectivity index (χ4v) is 2.17. The minimum absolute atomic E-state index is 0.211. The van der Waals surface area contributed by atoms with E-state index in [9.17, 15) is 31.1 Å². The standard InChI is InChI=1S/C14H11F6NO2/c15-13(16,17)7-23-12(22)5-10(14(18,19)20)9-6-21-11-4-2-1-3-8(9)11/h1-4,6,10,21H,5,7H2. The molecule has 0 aliphatic carbocycles. The fourth-order valence-electron chi connectivity index (χ4n) is 2.17. The number of rotatable bonds is 4. The van der Waals surface area contributed by atoms with Gasteiger partial charge in [-0.15, -0.1) is 0 Å². The van der Waals surface area contributed by atoms with Gasteiger partial charge in [-0.2, -0.15) is 26.3 Å². The normalized spacial score (nSPS) is 14.0. The van der Waals surface area contributed by atoms with Gasteiger partial charge in [0.05, 0.1) is 12.3 Å². The van der Waals surface area contributed by atoms with Crippen LogP contribution in [0.5, 0.6) is 0 Å². The lowest BCUT2D eigenvalue weighted by atomic mass is 9.94. The molecule has 0 amide bonds. The fraction of sp³-hybridized carbons (Fsp3) is 0.357. The average molecular weight is 339 g/mol. The highest BCUT2D eigenvalue weighted by Gasteiger charge is 2.44. The van der Waals surface area contributed by atoms with E-state index in [2.05, 4.69) is 9.72 Å². The Morgan fingerprint density at radius 2 is 1.78 bits per heavy atom. The Morgan fingerprint density at radius 3 is 2.39 bits per heavy atom. The number of hydrogen-bond donors (Lipinski definition) is 1. The molecule has 0 fully saturated rings. The van der Waals surface area contributed by atoms with Gasteiger partial charge in [-0.1, -0.05) is 18.2 Å². The number of aromatic amines is 1. The molecule has 126 valence electrons. The smallest absolute Gasteiger partial charge is 0.422 e. The predicted octanol–water partition coefficient (Wildman–Crippen LogP) is 4.31. The van der Waals surface area contributed by atoms with Crippen molar-refractivity contribution in [1.29, 1.82) is 0 Å². The van der Waals surface area contributed by atoms with Crippen LogP contribution in [0.4, 0.5) is 26.3 Å². The van der Waals surface area contributed by atoms with E-state index in [0.29, 0.717) is 5.52 Å². The summed E-state index contributed by atoms with van der Waals surface area (Å²) in [5.74, 6) is -3.81. The molecule has 0 aliphatic rings. The van der Waals surface area contributed by atoms with Crippen molar-refractivity contribution < 1.29 is 35.9 Å². The highest BCUT2D eigenvalue weighted by molar-refractivity contribution is 5.84. The van der Waals surface area contributed by atoms with E-state index in [1.807, 2.05) is 0 Å². The van der Waals surface area contributed by atoms with Crippen LogP contribution in [0.25, 0.3) is 10.9 Å². The van der Waals surface area contributed by atoms with Gasteiger partial charge in [-0.25, -0.2) is 0 Å². The van der Waals surface area contributed by atoms with E-state index >= 15 is 0 Å². The Balaban J connectivity index is 2.23. The van der Waals surface area contributed by atoms with Crippen molar-refractivity contribution in [1.82, 2.24) is 4.98 Å². The number of halogens is 6. The minimum atomic E-state index is -4.80. The molecule has 1 unspecified atom stereocenters. The van der Waals surface area contributed by atoms with Gasteiger partial charge in [0.15, 0.2) is 6.61 Å². The summed E-state index contributed by atoms with van der Waals surface area (Å²) in [7, 11) is 0. The van der Waals surface area contributed by atoms with Crippen molar-refractivity contribution in [3.63, 3.8) is 0 Å². The first kappa shape index (κ1) is 17.2. The van der Waals surface area contributed by atoms with Crippen molar-refractivity contribution >= 4 is 16.9 Å². The molecular formula is C14H11F6NO2. The lowest BCUT2D eigenvalue weighted by Gasteiger charge is -2.19. The van der Waals surface area contributed by atoms with Crippen molar-refractivity contribution in [2.24, 2.45) is 0 Å². The van der Waals surface area contributed by atoms with Gasteiger partial charge in [0.2, 0.25) is 0 Å². The van der Waals surface area contributed by atoms with Gasteiger partial charge in [0.1, 0.15) is 0 Å². The molecule has 1 aromatic carbocycles. The topological polar surface area (TPSA) is 42.1 Å². The van der Waals surface area contributed by atoms with Gasteiger partial charge in [0.25, 0.3) is 0 Å². The van der Waals surface area contributed by atoms with Crippen molar-refractivity contribution in [3.8, 4) is 0 Å². The van der Waals surface area contributed by atoms with Gasteiger partial charge in [-0.3, -0.25) is 4.79 Å². The molecule has 1 atom stereocenters. The van der Waals surface area contributed by atoms with E-state index < -0.39 is 37.3 Å². The highest BCUT2D eigenvalue weighted by atomic mass is 19.4. The molecule has 0 bridgehead atoms. The summed E-state index contributed by atoms with van der Waals surface area (Å²) in [5, 5.41) is 0.249. The second-order valence-electron chi connectivity index (χ2n) is 4.86. The molecule has 1 heterocycles. The summed E-state index contributed by atoms with van der Waals surface area (Å²) in [5.41, 5.74) is 0.220. The van der Waals surface area contributed by atoms with Crippen LogP contribution < -0.4 is 0 Å². The van der Waals surface area contributed by atoms with E-state index in [1.165, 1.54) is 12.1 Å². The lowest BCUT2D eigenvalue weighted by molar-refractivity contribution is -0.191. The molecular weight excluding hydrogens is 328 g/mol. The van der Waals surface area contributed by atoms with Gasteiger partial charge in [-0.05, 0) is 11.6 Å². The first-order valence-electron chi connectivity index (χ1n) is 6.43. The monoisotopic (exact) mass is 339 g/mol. The quantitative estimate of drug-likeness (QED) is 0.666. The molecule has 9 heteroatoms. The summed E-state index contributed by atoms with van der Waals surface area (Å²) in [6.45, 7) is -1.91. The molecule has 2 rings (SSSR count). The number of fused-ring (bicyclic) bond motifs is 1. The Labute approximate surface area is 126 Å². The Bertz CT molecular complexity index is 688. The van der Waals surface area contributed by atoms with E-state index in [1.54, 1.807) is 12.1 Å². The molecule has 1 aromatic heterocycles. The maximum atomic E-state index is 13.2. The van der Waals surface area contributed by atoms with Crippen LogP contribution in [0.2, 0.25) is 0 Å². The summed E-state index contributed by atoms with van der Waals surface area (Å²) in [6.07, 6.45) is -9.71. The second kappa shape index (κ2) is 6.13. The summed E-state index contributed by atoms with van der Waals surface area (Å²) in [4.78, 5) is 14.0. The number of alkyl halides is 6. The summed E-state index contributed by atoms with van der Waals surface area (Å²) >= 11 is 0. The Hall–Kier alpha value is -2.19. The Kier molecular flexibility index (Phi) is 4.58. The van der Waals surface area contributed by atoms with Gasteiger partial charge >= 0.3 is 18.3 Å². The average Bonchev–Trinajstić information content (AvgIpc) is 2.84. The predicted molar refractivity (Wildman–Crippen MR) is 68.7 cm³/mol. The van der Waals surface area contributed by atoms with E-state index in [4.69, 9.17) is 0 Å². The second-order valence-corrected chi connectivity index (χ2v) is 4.86. The number of aromatic nitrogens is 1. The molecule has 0 spiro atoms. The number of ether oxygens (including phenoxy) is 1. The minimum Gasteiger partial charge on any atom is -0.456 e. The van der Waals surface area contributed by atoms with Gasteiger partial charge in [0, 0.05) is 17.1 Å². The Morgan fingerprint density at radius 1 is 1.13 bits per heavy atom. The third-order valence-electron chi connectivity index (χ3n) is 3.16. The molecule has 3 nitrogen and oxygen atoms in total. The van der Waals surface area contributed by atoms with Crippen LogP contribution in [-0.2, 0) is 9.53 Å². The van der Waals surface area contributed by atoms with Crippen LogP contribution in [0, 0.1) is 0 Å². The summed E-state index contributed by atoms with van der Waals surface area (Å²) in [6, 6.07) is 6.12. The molecule has 0 saturated heterocycles. The largest absolute Gasteiger partial charge is 0.456 e. The maximum absolute atomic E-state index is 13.2. The lowest BCUT2D eigenvalue weighted by Crippen LogP contribution is -2.26. The van der Waals surface area contributed by atoms with Crippen LogP contribution in [0.15, 0.2) is 30.5 Å². The van der Waals surface area contributed by atoms with Crippen LogP contribution in [0.3, 0.4) is 0 Å². The van der Waals surface area contributed by atoms with Crippen LogP contribution >= 0.6 is 0 Å². The highest BCUT2D eigenvalue weighted by Crippen LogP contribution is 2.40. The van der Waals surface area contributed by atoms with E-state index in [-0.39, 0.29) is 10.9 Å². The number of H-pyrrole nitrogens is 1. The maximum Gasteiger partial charge on any atom is 0.422 e. The molecule has 0 radical (unpaired) electrons. The van der Waals surface area contributed by atoms with Gasteiger partial charge < -0.3 is 9.72 Å². The molecule has 1 N–H and O–H groups in total. The molecule has 2 aromatic rings.